The van der Waals surface area contributed by atoms with Crippen LogP contribution in [0.3, 0.4) is 0 Å². The molecule has 0 saturated carbocycles. The minimum absolute atomic E-state index is 0.00798. The second-order valence-corrected chi connectivity index (χ2v) is 10.6. The summed E-state index contributed by atoms with van der Waals surface area (Å²) in [5, 5.41) is 0. The highest BCUT2D eigenvalue weighted by Gasteiger charge is 2.35. The first-order valence-corrected chi connectivity index (χ1v) is 11.4. The highest BCUT2D eigenvalue weighted by Crippen LogP contribution is 2.30. The zero-order valence-electron chi connectivity index (χ0n) is 16.0. The number of carbonyl (C=O) groups excluding carboxylic acids is 1. The van der Waals surface area contributed by atoms with Crippen LogP contribution in [-0.4, -0.2) is 43.7 Å². The lowest BCUT2D eigenvalue weighted by Gasteiger charge is -2.35. The molecule has 0 spiro atoms. The Bertz CT molecular complexity index is 893. The second kappa shape index (κ2) is 8.12. The third kappa shape index (κ3) is 4.25. The number of thiophene rings is 1. The molecule has 1 aliphatic heterocycles. The highest BCUT2D eigenvalue weighted by atomic mass is 32.2. The van der Waals surface area contributed by atoms with Crippen molar-refractivity contribution in [3.63, 3.8) is 0 Å². The van der Waals surface area contributed by atoms with E-state index in [1.54, 1.807) is 18.0 Å². The zero-order chi connectivity index (χ0) is 19.6. The van der Waals surface area contributed by atoms with E-state index in [0.29, 0.717) is 17.2 Å². The van der Waals surface area contributed by atoms with Crippen LogP contribution in [0.15, 0.2) is 46.7 Å². The van der Waals surface area contributed by atoms with Gasteiger partial charge in [-0.15, -0.1) is 11.3 Å². The molecule has 0 radical (unpaired) electrons. The summed E-state index contributed by atoms with van der Waals surface area (Å²) in [5.41, 5.74) is 1.07. The molecule has 1 fully saturated rings. The molecule has 1 amide bonds. The number of nitrogens with zero attached hydrogens (tertiary/aromatic N) is 2. The largest absolute Gasteiger partial charge is 0.339 e. The molecule has 0 bridgehead atoms. The lowest BCUT2D eigenvalue weighted by molar-refractivity contribution is -0.137. The van der Waals surface area contributed by atoms with Crippen molar-refractivity contribution in [3.05, 3.63) is 52.9 Å². The maximum absolute atomic E-state index is 13.0. The lowest BCUT2D eigenvalue weighted by Crippen LogP contribution is -2.46. The van der Waals surface area contributed by atoms with Gasteiger partial charge >= 0.3 is 0 Å². The maximum Gasteiger partial charge on any atom is 0.252 e. The van der Waals surface area contributed by atoms with Gasteiger partial charge in [-0.2, -0.15) is 4.31 Å². The topological polar surface area (TPSA) is 57.7 Å². The predicted molar refractivity (Wildman–Crippen MR) is 108 cm³/mol. The minimum atomic E-state index is -3.52. The molecular weight excluding hydrogens is 380 g/mol. The monoisotopic (exact) mass is 406 g/mol. The minimum Gasteiger partial charge on any atom is -0.339 e. The van der Waals surface area contributed by atoms with E-state index in [1.165, 1.54) is 15.6 Å². The quantitative estimate of drug-likeness (QED) is 0.761. The summed E-state index contributed by atoms with van der Waals surface area (Å²) in [7, 11) is -1.72. The van der Waals surface area contributed by atoms with Crippen LogP contribution in [0.1, 0.15) is 36.2 Å². The number of amides is 1. The zero-order valence-corrected chi connectivity index (χ0v) is 17.6. The molecule has 5 nitrogen and oxygen atoms in total. The average Bonchev–Trinajstić information content (AvgIpc) is 3.14. The number of rotatable bonds is 5. The molecule has 0 aliphatic carbocycles. The van der Waals surface area contributed by atoms with Gasteiger partial charge in [-0.25, -0.2) is 8.42 Å². The molecule has 1 aromatic heterocycles. The van der Waals surface area contributed by atoms with Gasteiger partial charge in [0.05, 0.1) is 12.0 Å². The molecular formula is C20H26N2O3S2. The Kier molecular flexibility index (Phi) is 6.03. The molecule has 2 aromatic rings. The summed E-state index contributed by atoms with van der Waals surface area (Å²) in [6.07, 6.45) is 1.42. The fourth-order valence-corrected chi connectivity index (χ4v) is 6.44. The van der Waals surface area contributed by atoms with Gasteiger partial charge in [-0.1, -0.05) is 30.3 Å². The fraction of sp³-hybridized carbons (Fsp3) is 0.450. The van der Waals surface area contributed by atoms with E-state index in [9.17, 15) is 13.2 Å². The van der Waals surface area contributed by atoms with Crippen LogP contribution in [0.2, 0.25) is 0 Å². The summed E-state index contributed by atoms with van der Waals surface area (Å²) in [4.78, 5) is 15.7. The Hall–Kier alpha value is -1.70. The Balaban J connectivity index is 1.73. The van der Waals surface area contributed by atoms with Crippen molar-refractivity contribution in [1.29, 1.82) is 0 Å². The van der Waals surface area contributed by atoms with Crippen molar-refractivity contribution in [2.45, 2.75) is 36.9 Å². The number of aryl methyl sites for hydroxylation is 1. The number of carbonyl (C=O) groups is 1. The first-order chi connectivity index (χ1) is 12.8. The molecule has 2 heterocycles. The van der Waals surface area contributed by atoms with E-state index in [2.05, 4.69) is 0 Å². The molecule has 27 heavy (non-hydrogen) atoms. The van der Waals surface area contributed by atoms with E-state index < -0.39 is 10.0 Å². The molecule has 2 atom stereocenters. The molecule has 7 heteroatoms. The van der Waals surface area contributed by atoms with Crippen LogP contribution >= 0.6 is 11.3 Å². The molecule has 0 N–H and O–H groups in total. The molecule has 146 valence electrons. The van der Waals surface area contributed by atoms with Crippen molar-refractivity contribution in [2.75, 3.05) is 20.1 Å². The van der Waals surface area contributed by atoms with Crippen molar-refractivity contribution < 1.29 is 13.2 Å². The van der Waals surface area contributed by atoms with Crippen LogP contribution < -0.4 is 0 Å². The van der Waals surface area contributed by atoms with E-state index in [4.69, 9.17) is 0 Å². The molecule has 1 saturated heterocycles. The van der Waals surface area contributed by atoms with Crippen LogP contribution in [0.5, 0.6) is 0 Å². The summed E-state index contributed by atoms with van der Waals surface area (Å²) in [6.45, 7) is 4.62. The maximum atomic E-state index is 13.0. The average molecular weight is 407 g/mol. The van der Waals surface area contributed by atoms with Crippen LogP contribution in [0, 0.1) is 12.8 Å². The van der Waals surface area contributed by atoms with E-state index in [1.807, 2.05) is 50.2 Å². The van der Waals surface area contributed by atoms with Gasteiger partial charge in [0.15, 0.2) is 0 Å². The standard InChI is InChI=1S/C20H26N2O3S2/c1-15-11-12-19(26-15)27(24,25)22-13-7-10-18(14-22)20(23)21(3)16(2)17-8-5-4-6-9-17/h4-6,8-9,11-12,16,18H,7,10,13-14H2,1-3H3. The van der Waals surface area contributed by atoms with Crippen molar-refractivity contribution in [3.8, 4) is 0 Å². The SMILES string of the molecule is Cc1ccc(S(=O)(=O)N2CCCC(C(=O)N(C)C(C)c3ccccc3)C2)s1. The summed E-state index contributed by atoms with van der Waals surface area (Å²) < 4.78 is 27.6. The van der Waals surface area contributed by atoms with Crippen LogP contribution in [0.25, 0.3) is 0 Å². The number of piperidine rings is 1. The Morgan fingerprint density at radius 3 is 2.56 bits per heavy atom. The normalized spacial score (nSPS) is 19.6. The number of hydrogen-bond acceptors (Lipinski definition) is 4. The van der Waals surface area contributed by atoms with Crippen molar-refractivity contribution >= 4 is 27.3 Å². The van der Waals surface area contributed by atoms with Gasteiger partial charge in [0, 0.05) is 25.0 Å². The van der Waals surface area contributed by atoms with Gasteiger partial charge in [0.1, 0.15) is 4.21 Å². The first kappa shape index (κ1) is 20.0. The van der Waals surface area contributed by atoms with Gasteiger partial charge in [0.2, 0.25) is 5.91 Å². The Morgan fingerprint density at radius 1 is 1.22 bits per heavy atom. The van der Waals surface area contributed by atoms with E-state index in [0.717, 1.165) is 16.9 Å². The molecule has 1 aromatic carbocycles. The van der Waals surface area contributed by atoms with Crippen LogP contribution in [-0.2, 0) is 14.8 Å². The van der Waals surface area contributed by atoms with Crippen molar-refractivity contribution in [2.24, 2.45) is 5.92 Å². The van der Waals surface area contributed by atoms with Gasteiger partial charge in [-0.3, -0.25) is 4.79 Å². The number of hydrogen-bond donors (Lipinski definition) is 0. The van der Waals surface area contributed by atoms with Gasteiger partial charge in [-0.05, 0) is 44.4 Å². The van der Waals surface area contributed by atoms with E-state index in [-0.39, 0.29) is 24.4 Å². The van der Waals surface area contributed by atoms with Gasteiger partial charge < -0.3 is 4.90 Å². The molecule has 3 rings (SSSR count). The summed E-state index contributed by atoms with van der Waals surface area (Å²) in [6, 6.07) is 13.3. The Morgan fingerprint density at radius 2 is 1.93 bits per heavy atom. The van der Waals surface area contributed by atoms with Crippen LogP contribution in [0.4, 0.5) is 0 Å². The van der Waals surface area contributed by atoms with E-state index >= 15 is 0 Å². The number of sulfonamides is 1. The number of benzene rings is 1. The predicted octanol–water partition coefficient (Wildman–Crippen LogP) is 3.68. The first-order valence-electron chi connectivity index (χ1n) is 9.19. The smallest absolute Gasteiger partial charge is 0.252 e. The third-order valence-corrected chi connectivity index (χ3v) is 8.59. The van der Waals surface area contributed by atoms with Gasteiger partial charge in [0.25, 0.3) is 10.0 Å². The molecule has 1 aliphatic rings. The highest BCUT2D eigenvalue weighted by molar-refractivity contribution is 7.91. The fourth-order valence-electron chi connectivity index (χ4n) is 3.47. The van der Waals surface area contributed by atoms with Crippen molar-refractivity contribution in [1.82, 2.24) is 9.21 Å². The Labute approximate surface area is 165 Å². The summed E-state index contributed by atoms with van der Waals surface area (Å²) >= 11 is 1.28. The third-order valence-electron chi connectivity index (χ3n) is 5.25. The molecule has 2 unspecified atom stereocenters. The second-order valence-electron chi connectivity index (χ2n) is 7.10. The summed E-state index contributed by atoms with van der Waals surface area (Å²) in [5.74, 6) is -0.292. The lowest BCUT2D eigenvalue weighted by atomic mass is 9.97.